The van der Waals surface area contributed by atoms with Crippen molar-refractivity contribution in [1.82, 2.24) is 9.91 Å². The van der Waals surface area contributed by atoms with E-state index in [0.717, 1.165) is 22.6 Å². The number of hydrogen-bond donors (Lipinski definition) is 0. The maximum atomic E-state index is 13.1. The highest BCUT2D eigenvalue weighted by molar-refractivity contribution is 6.03. The van der Waals surface area contributed by atoms with Gasteiger partial charge < -0.3 is 9.64 Å². The van der Waals surface area contributed by atoms with Crippen molar-refractivity contribution in [2.24, 2.45) is 5.10 Å². The van der Waals surface area contributed by atoms with Crippen LogP contribution in [0, 0.1) is 13.8 Å². The number of nitrogens with zero attached hydrogens (tertiary/aromatic N) is 3. The Bertz CT molecular complexity index is 983. The first-order chi connectivity index (χ1) is 14.3. The number of methoxy groups -OCH3 is 1. The standard InChI is InChI=1S/C24H29N3O3/c1-6-23(28)26(4)15-24(29)27-21(19-9-7-8-10-22(19)30-5)14-20(25-27)18-12-11-16(2)17(3)13-18/h7-13,21H,6,14-15H2,1-5H3. The van der Waals surface area contributed by atoms with Crippen molar-refractivity contribution in [3.8, 4) is 5.75 Å². The van der Waals surface area contributed by atoms with E-state index in [-0.39, 0.29) is 24.4 Å². The Balaban J connectivity index is 1.97. The molecular weight excluding hydrogens is 378 g/mol. The fourth-order valence-electron chi connectivity index (χ4n) is 3.65. The summed E-state index contributed by atoms with van der Waals surface area (Å²) in [4.78, 5) is 26.6. The number of amides is 2. The fraction of sp³-hybridized carbons (Fsp3) is 0.375. The van der Waals surface area contributed by atoms with Crippen molar-refractivity contribution in [2.45, 2.75) is 39.7 Å². The minimum Gasteiger partial charge on any atom is -0.496 e. The third kappa shape index (κ3) is 4.37. The zero-order valence-corrected chi connectivity index (χ0v) is 18.3. The third-order valence-electron chi connectivity index (χ3n) is 5.60. The maximum absolute atomic E-state index is 13.1. The molecule has 1 heterocycles. The molecule has 2 aromatic carbocycles. The van der Waals surface area contributed by atoms with Gasteiger partial charge in [0.1, 0.15) is 12.3 Å². The van der Waals surface area contributed by atoms with Crippen molar-refractivity contribution >= 4 is 17.5 Å². The predicted octanol–water partition coefficient (Wildman–Crippen LogP) is 3.86. The van der Waals surface area contributed by atoms with E-state index in [1.807, 2.05) is 30.3 Å². The first-order valence-corrected chi connectivity index (χ1v) is 10.2. The molecule has 1 unspecified atom stereocenters. The monoisotopic (exact) mass is 407 g/mol. The number of hydrazone groups is 1. The lowest BCUT2D eigenvalue weighted by atomic mass is 9.96. The smallest absolute Gasteiger partial charge is 0.262 e. The van der Waals surface area contributed by atoms with E-state index < -0.39 is 0 Å². The Labute approximate surface area is 178 Å². The summed E-state index contributed by atoms with van der Waals surface area (Å²) in [6, 6.07) is 13.6. The van der Waals surface area contributed by atoms with E-state index in [0.29, 0.717) is 12.8 Å². The average Bonchev–Trinajstić information content (AvgIpc) is 3.20. The molecule has 0 spiro atoms. The Morgan fingerprint density at radius 1 is 1.17 bits per heavy atom. The molecule has 0 N–H and O–H groups in total. The lowest BCUT2D eigenvalue weighted by molar-refractivity contribution is -0.140. The van der Waals surface area contributed by atoms with Gasteiger partial charge in [-0.1, -0.05) is 37.3 Å². The van der Waals surface area contributed by atoms with Crippen LogP contribution >= 0.6 is 0 Å². The number of hydrogen-bond acceptors (Lipinski definition) is 4. The summed E-state index contributed by atoms with van der Waals surface area (Å²) < 4.78 is 5.54. The molecule has 1 aliphatic rings. The summed E-state index contributed by atoms with van der Waals surface area (Å²) in [5.74, 6) is 0.429. The van der Waals surface area contributed by atoms with E-state index in [1.165, 1.54) is 21.0 Å². The summed E-state index contributed by atoms with van der Waals surface area (Å²) in [5, 5.41) is 6.22. The molecule has 0 saturated carbocycles. The number of benzene rings is 2. The molecule has 0 bridgehead atoms. The lowest BCUT2D eigenvalue weighted by Crippen LogP contribution is -2.39. The Morgan fingerprint density at radius 2 is 1.90 bits per heavy atom. The molecule has 2 amide bonds. The highest BCUT2D eigenvalue weighted by atomic mass is 16.5. The second-order valence-corrected chi connectivity index (χ2v) is 7.65. The summed E-state index contributed by atoms with van der Waals surface area (Å²) >= 11 is 0. The molecule has 6 heteroatoms. The largest absolute Gasteiger partial charge is 0.496 e. The molecule has 0 radical (unpaired) electrons. The molecule has 3 rings (SSSR count). The SMILES string of the molecule is CCC(=O)N(C)CC(=O)N1N=C(c2ccc(C)c(C)c2)CC1c1ccccc1OC. The quantitative estimate of drug-likeness (QED) is 0.731. The average molecular weight is 408 g/mol. The van der Waals surface area contributed by atoms with Crippen molar-refractivity contribution in [2.75, 3.05) is 20.7 Å². The summed E-state index contributed by atoms with van der Waals surface area (Å²) in [5.41, 5.74) is 5.16. The van der Waals surface area contributed by atoms with Crippen molar-refractivity contribution in [3.05, 3.63) is 64.7 Å². The van der Waals surface area contributed by atoms with Gasteiger partial charge in [0.05, 0.1) is 18.9 Å². The number of carbonyl (C=O) groups excluding carboxylic acids is 2. The molecule has 1 aliphatic heterocycles. The van der Waals surface area contributed by atoms with Crippen LogP contribution in [0.2, 0.25) is 0 Å². The normalized spacial score (nSPS) is 15.7. The summed E-state index contributed by atoms with van der Waals surface area (Å²) in [7, 11) is 3.27. The second-order valence-electron chi connectivity index (χ2n) is 7.65. The number of ether oxygens (including phenoxy) is 1. The van der Waals surface area contributed by atoms with E-state index in [4.69, 9.17) is 9.84 Å². The van der Waals surface area contributed by atoms with E-state index in [1.54, 1.807) is 21.1 Å². The first-order valence-electron chi connectivity index (χ1n) is 10.2. The van der Waals surface area contributed by atoms with Gasteiger partial charge >= 0.3 is 0 Å². The Morgan fingerprint density at radius 3 is 2.57 bits per heavy atom. The lowest BCUT2D eigenvalue weighted by Gasteiger charge is -2.25. The second kappa shape index (κ2) is 9.11. The van der Waals surface area contributed by atoms with Gasteiger partial charge in [-0.3, -0.25) is 9.59 Å². The topological polar surface area (TPSA) is 62.2 Å². The molecule has 30 heavy (non-hydrogen) atoms. The van der Waals surface area contributed by atoms with Crippen LogP contribution in [0.5, 0.6) is 5.75 Å². The van der Waals surface area contributed by atoms with Crippen molar-refractivity contribution in [1.29, 1.82) is 0 Å². The highest BCUT2D eigenvalue weighted by Gasteiger charge is 2.35. The van der Waals surface area contributed by atoms with E-state index in [2.05, 4.69) is 26.0 Å². The molecule has 0 fully saturated rings. The zero-order valence-electron chi connectivity index (χ0n) is 18.3. The molecule has 6 nitrogen and oxygen atoms in total. The Hall–Kier alpha value is -3.15. The maximum Gasteiger partial charge on any atom is 0.262 e. The number of aryl methyl sites for hydroxylation is 2. The van der Waals surface area contributed by atoms with Crippen LogP contribution in [0.1, 0.15) is 48.1 Å². The van der Waals surface area contributed by atoms with Crippen LogP contribution in [0.3, 0.4) is 0 Å². The van der Waals surface area contributed by atoms with Gasteiger partial charge in [0.25, 0.3) is 5.91 Å². The number of carbonyl (C=O) groups is 2. The van der Waals surface area contributed by atoms with Crippen LogP contribution in [-0.2, 0) is 9.59 Å². The summed E-state index contributed by atoms with van der Waals surface area (Å²) in [6.07, 6.45) is 0.941. The van der Waals surface area contributed by atoms with E-state index >= 15 is 0 Å². The van der Waals surface area contributed by atoms with Crippen molar-refractivity contribution < 1.29 is 14.3 Å². The van der Waals surface area contributed by atoms with Gasteiger partial charge in [0.15, 0.2) is 0 Å². The predicted molar refractivity (Wildman–Crippen MR) is 118 cm³/mol. The minimum absolute atomic E-state index is 0.0119. The highest BCUT2D eigenvalue weighted by Crippen LogP contribution is 2.37. The Kier molecular flexibility index (Phi) is 6.55. The molecule has 1 atom stereocenters. The molecule has 158 valence electrons. The number of para-hydroxylation sites is 1. The van der Waals surface area contributed by atoms with Gasteiger partial charge in [0.2, 0.25) is 5.91 Å². The fourth-order valence-corrected chi connectivity index (χ4v) is 3.65. The molecule has 2 aromatic rings. The van der Waals surface area contributed by atoms with E-state index in [9.17, 15) is 9.59 Å². The van der Waals surface area contributed by atoms with Gasteiger partial charge in [-0.25, -0.2) is 5.01 Å². The first kappa shape index (κ1) is 21.6. The molecular formula is C24H29N3O3. The third-order valence-corrected chi connectivity index (χ3v) is 5.60. The summed E-state index contributed by atoms with van der Waals surface area (Å²) in [6.45, 7) is 5.92. The van der Waals surface area contributed by atoms with Gasteiger partial charge in [-0.15, -0.1) is 0 Å². The van der Waals surface area contributed by atoms with Crippen LogP contribution in [0.25, 0.3) is 0 Å². The van der Waals surface area contributed by atoms with Crippen molar-refractivity contribution in [3.63, 3.8) is 0 Å². The van der Waals surface area contributed by atoms with Crippen LogP contribution < -0.4 is 4.74 Å². The number of likely N-dealkylation sites (N-methyl/N-ethyl adjacent to an activating group) is 1. The zero-order chi connectivity index (χ0) is 21.8. The minimum atomic E-state index is -0.282. The molecule has 0 aromatic heterocycles. The number of rotatable bonds is 6. The van der Waals surface area contributed by atoms with Crippen LogP contribution in [-0.4, -0.2) is 48.1 Å². The van der Waals surface area contributed by atoms with Crippen LogP contribution in [0.15, 0.2) is 47.6 Å². The molecule has 0 aliphatic carbocycles. The van der Waals surface area contributed by atoms with Gasteiger partial charge in [0, 0.05) is 25.5 Å². The van der Waals surface area contributed by atoms with Gasteiger partial charge in [-0.2, -0.15) is 5.10 Å². The van der Waals surface area contributed by atoms with Crippen LogP contribution in [0.4, 0.5) is 0 Å². The molecule has 0 saturated heterocycles. The van der Waals surface area contributed by atoms with Gasteiger partial charge in [-0.05, 0) is 42.7 Å².